The highest BCUT2D eigenvalue weighted by Crippen LogP contribution is 2.37. The molecule has 1 unspecified atom stereocenters. The lowest BCUT2D eigenvalue weighted by Gasteiger charge is -2.23. The number of anilines is 1. The van der Waals surface area contributed by atoms with Crippen LogP contribution in [0.5, 0.6) is 5.75 Å². The number of para-hydroxylation sites is 2. The molecule has 4 heteroatoms. The molecule has 0 bridgehead atoms. The van der Waals surface area contributed by atoms with Gasteiger partial charge in [-0.15, -0.1) is 11.8 Å². The van der Waals surface area contributed by atoms with Crippen LogP contribution in [0.25, 0.3) is 6.08 Å². The molecular weight excluding hydrogens is 294 g/mol. The number of ether oxygens (including phenoxy) is 1. The number of thioether (sulfide) groups is 1. The maximum absolute atomic E-state index is 12.3. The first-order valence-corrected chi connectivity index (χ1v) is 8.14. The van der Waals surface area contributed by atoms with Gasteiger partial charge >= 0.3 is 0 Å². The molecule has 1 fully saturated rings. The summed E-state index contributed by atoms with van der Waals surface area (Å²) in [6, 6.07) is 17.7. The molecule has 0 saturated carbocycles. The average Bonchev–Trinajstić information content (AvgIpc) is 2.94. The second kappa shape index (κ2) is 6.71. The number of carbonyl (C=O) groups is 1. The maximum Gasteiger partial charge on any atom is 0.238 e. The van der Waals surface area contributed by atoms with Crippen molar-refractivity contribution in [3.63, 3.8) is 0 Å². The number of amides is 1. The van der Waals surface area contributed by atoms with Crippen LogP contribution in [0.1, 0.15) is 5.56 Å². The fourth-order valence-corrected chi connectivity index (χ4v) is 3.46. The number of methoxy groups -OCH3 is 1. The van der Waals surface area contributed by atoms with Crippen LogP contribution in [0, 0.1) is 0 Å². The molecule has 0 spiro atoms. The Hall–Kier alpha value is -2.20. The van der Waals surface area contributed by atoms with Gasteiger partial charge in [-0.05, 0) is 17.7 Å². The molecule has 22 heavy (non-hydrogen) atoms. The lowest BCUT2D eigenvalue weighted by molar-refractivity contribution is -0.115. The lowest BCUT2D eigenvalue weighted by atomic mass is 10.2. The fourth-order valence-electron chi connectivity index (χ4n) is 2.44. The molecule has 3 nitrogen and oxygen atoms in total. The minimum absolute atomic E-state index is 0.0102. The van der Waals surface area contributed by atoms with Crippen LogP contribution in [-0.4, -0.2) is 24.1 Å². The van der Waals surface area contributed by atoms with E-state index in [9.17, 15) is 4.79 Å². The molecule has 112 valence electrons. The summed E-state index contributed by atoms with van der Waals surface area (Å²) in [7, 11) is 1.63. The third kappa shape index (κ3) is 3.02. The van der Waals surface area contributed by atoms with Gasteiger partial charge in [0.2, 0.25) is 5.91 Å². The zero-order chi connectivity index (χ0) is 15.4. The van der Waals surface area contributed by atoms with Crippen molar-refractivity contribution in [2.75, 3.05) is 17.8 Å². The molecule has 1 atom stereocenters. The maximum atomic E-state index is 12.3. The van der Waals surface area contributed by atoms with Crippen molar-refractivity contribution in [2.24, 2.45) is 0 Å². The molecule has 1 saturated heterocycles. The smallest absolute Gasteiger partial charge is 0.238 e. The molecule has 0 aromatic heterocycles. The van der Waals surface area contributed by atoms with E-state index in [0.717, 1.165) is 17.0 Å². The fraction of sp³-hybridized carbons (Fsp3) is 0.167. The summed E-state index contributed by atoms with van der Waals surface area (Å²) in [4.78, 5) is 14.1. The van der Waals surface area contributed by atoms with Crippen LogP contribution in [0.4, 0.5) is 5.69 Å². The van der Waals surface area contributed by atoms with Gasteiger partial charge in [0.1, 0.15) is 11.1 Å². The van der Waals surface area contributed by atoms with Crippen LogP contribution in [0.2, 0.25) is 0 Å². The van der Waals surface area contributed by atoms with Crippen molar-refractivity contribution >= 4 is 29.4 Å². The molecule has 2 aromatic rings. The second-order valence-electron chi connectivity index (χ2n) is 4.91. The zero-order valence-corrected chi connectivity index (χ0v) is 13.1. The number of benzene rings is 2. The molecule has 1 amide bonds. The number of rotatable bonds is 4. The van der Waals surface area contributed by atoms with E-state index in [1.165, 1.54) is 0 Å². The van der Waals surface area contributed by atoms with Gasteiger partial charge in [-0.1, -0.05) is 54.6 Å². The Morgan fingerprint density at radius 2 is 1.86 bits per heavy atom. The molecule has 0 aliphatic carbocycles. The number of nitrogens with zero attached hydrogens (tertiary/aromatic N) is 1. The summed E-state index contributed by atoms with van der Waals surface area (Å²) in [5.74, 6) is 1.32. The van der Waals surface area contributed by atoms with Gasteiger partial charge < -0.3 is 4.74 Å². The highest BCUT2D eigenvalue weighted by molar-refractivity contribution is 8.01. The second-order valence-corrected chi connectivity index (χ2v) is 6.01. The molecule has 1 aliphatic heterocycles. The van der Waals surface area contributed by atoms with E-state index in [2.05, 4.69) is 12.2 Å². The standard InChI is InChI=1S/C18H17NO2S/c1-21-16-10-6-5-9-15(16)19-17(20)13-22-18(19)12-11-14-7-3-2-4-8-14/h2-12,18H,13H2,1H3. The average molecular weight is 311 g/mol. The van der Waals surface area contributed by atoms with E-state index < -0.39 is 0 Å². The SMILES string of the molecule is COc1ccccc1N1C(=O)CSC1C=Cc1ccccc1. The van der Waals surface area contributed by atoms with Crippen molar-refractivity contribution in [2.45, 2.75) is 5.37 Å². The summed E-state index contributed by atoms with van der Waals surface area (Å²) in [6.45, 7) is 0. The first-order valence-electron chi connectivity index (χ1n) is 7.09. The Morgan fingerprint density at radius 3 is 2.64 bits per heavy atom. The van der Waals surface area contributed by atoms with E-state index in [4.69, 9.17) is 4.74 Å². The highest BCUT2D eigenvalue weighted by Gasteiger charge is 2.32. The van der Waals surface area contributed by atoms with Gasteiger partial charge in [0.25, 0.3) is 0 Å². The molecule has 0 N–H and O–H groups in total. The largest absolute Gasteiger partial charge is 0.495 e. The van der Waals surface area contributed by atoms with Crippen LogP contribution in [-0.2, 0) is 4.79 Å². The van der Waals surface area contributed by atoms with Crippen molar-refractivity contribution in [3.05, 3.63) is 66.2 Å². The minimum atomic E-state index is -0.0102. The Labute approximate surface area is 134 Å². The van der Waals surface area contributed by atoms with Gasteiger partial charge in [-0.3, -0.25) is 9.69 Å². The predicted molar refractivity (Wildman–Crippen MR) is 92.2 cm³/mol. The predicted octanol–water partition coefficient (Wildman–Crippen LogP) is 3.81. The Morgan fingerprint density at radius 1 is 1.14 bits per heavy atom. The summed E-state index contributed by atoms with van der Waals surface area (Å²) in [5.41, 5.74) is 1.95. The van der Waals surface area contributed by atoms with E-state index in [0.29, 0.717) is 5.75 Å². The van der Waals surface area contributed by atoms with E-state index in [-0.39, 0.29) is 11.3 Å². The summed E-state index contributed by atoms with van der Waals surface area (Å²) in [5, 5.41) is -0.0102. The van der Waals surface area contributed by atoms with Gasteiger partial charge in [-0.2, -0.15) is 0 Å². The zero-order valence-electron chi connectivity index (χ0n) is 12.3. The Kier molecular flexibility index (Phi) is 4.49. The molecule has 3 rings (SSSR count). The quantitative estimate of drug-likeness (QED) is 0.860. The first-order chi connectivity index (χ1) is 10.8. The molecule has 1 heterocycles. The van der Waals surface area contributed by atoms with Crippen molar-refractivity contribution < 1.29 is 9.53 Å². The topological polar surface area (TPSA) is 29.5 Å². The van der Waals surface area contributed by atoms with Crippen LogP contribution in [0.15, 0.2) is 60.7 Å². The minimum Gasteiger partial charge on any atom is -0.495 e. The van der Waals surface area contributed by atoms with E-state index in [1.807, 2.05) is 59.5 Å². The normalized spacial score (nSPS) is 18.1. The Balaban J connectivity index is 1.88. The molecule has 0 radical (unpaired) electrons. The number of carbonyl (C=O) groups excluding carboxylic acids is 1. The summed E-state index contributed by atoms with van der Waals surface area (Å²) in [6.07, 6.45) is 4.12. The van der Waals surface area contributed by atoms with Crippen LogP contribution < -0.4 is 9.64 Å². The van der Waals surface area contributed by atoms with Crippen molar-refractivity contribution in [1.82, 2.24) is 0 Å². The number of hydrogen-bond acceptors (Lipinski definition) is 3. The Bertz CT molecular complexity index is 684. The van der Waals surface area contributed by atoms with Gasteiger partial charge in [-0.25, -0.2) is 0 Å². The van der Waals surface area contributed by atoms with E-state index >= 15 is 0 Å². The molecule has 2 aromatic carbocycles. The van der Waals surface area contributed by atoms with Crippen LogP contribution >= 0.6 is 11.8 Å². The van der Waals surface area contributed by atoms with Crippen molar-refractivity contribution in [1.29, 1.82) is 0 Å². The van der Waals surface area contributed by atoms with Crippen molar-refractivity contribution in [3.8, 4) is 5.75 Å². The molecule has 1 aliphatic rings. The first kappa shape index (κ1) is 14.7. The third-order valence-electron chi connectivity index (χ3n) is 3.50. The third-order valence-corrected chi connectivity index (χ3v) is 4.62. The summed E-state index contributed by atoms with van der Waals surface area (Å²) < 4.78 is 5.39. The van der Waals surface area contributed by atoms with E-state index in [1.54, 1.807) is 18.9 Å². The van der Waals surface area contributed by atoms with Crippen LogP contribution in [0.3, 0.4) is 0 Å². The molecular formula is C18H17NO2S. The van der Waals surface area contributed by atoms with Gasteiger partial charge in [0.15, 0.2) is 0 Å². The summed E-state index contributed by atoms with van der Waals surface area (Å²) >= 11 is 1.63. The van der Waals surface area contributed by atoms with Gasteiger partial charge in [0, 0.05) is 0 Å². The number of hydrogen-bond donors (Lipinski definition) is 0. The monoisotopic (exact) mass is 311 g/mol. The lowest BCUT2D eigenvalue weighted by Crippen LogP contribution is -2.31. The van der Waals surface area contributed by atoms with Gasteiger partial charge in [0.05, 0.1) is 18.6 Å². The highest BCUT2D eigenvalue weighted by atomic mass is 32.2.